The summed E-state index contributed by atoms with van der Waals surface area (Å²) >= 11 is 5.88. The fourth-order valence-corrected chi connectivity index (χ4v) is 2.56. The van der Waals surface area contributed by atoms with Crippen LogP contribution in [0.2, 0.25) is 5.02 Å². The first-order chi connectivity index (χ1) is 11.5. The molecule has 0 radical (unpaired) electrons. The van der Waals surface area contributed by atoms with Gasteiger partial charge in [-0.15, -0.1) is 0 Å². The highest BCUT2D eigenvalue weighted by molar-refractivity contribution is 6.33. The summed E-state index contributed by atoms with van der Waals surface area (Å²) in [5, 5.41) is 7.37. The molecule has 122 valence electrons. The van der Waals surface area contributed by atoms with Crippen molar-refractivity contribution in [3.63, 3.8) is 0 Å². The molecule has 0 aliphatic rings. The number of halogens is 2. The smallest absolute Gasteiger partial charge is 0.226 e. The van der Waals surface area contributed by atoms with Crippen LogP contribution in [-0.2, 0) is 11.3 Å². The van der Waals surface area contributed by atoms with Gasteiger partial charge in [-0.3, -0.25) is 14.3 Å². The highest BCUT2D eigenvalue weighted by atomic mass is 35.5. The van der Waals surface area contributed by atoms with Gasteiger partial charge in [-0.1, -0.05) is 23.7 Å². The molecule has 0 saturated carbocycles. The molecule has 0 fully saturated rings. The lowest BCUT2D eigenvalue weighted by Gasteiger charge is -2.10. The molecule has 0 atom stereocenters. The summed E-state index contributed by atoms with van der Waals surface area (Å²) in [5.41, 5.74) is 0.850. The maximum absolute atomic E-state index is 13.0. The summed E-state index contributed by atoms with van der Waals surface area (Å²) in [7, 11) is 0. The van der Waals surface area contributed by atoms with Crippen molar-refractivity contribution >= 4 is 34.1 Å². The molecule has 7 heteroatoms. The molecule has 0 spiro atoms. The molecule has 1 amide bonds. The van der Waals surface area contributed by atoms with E-state index in [9.17, 15) is 14.0 Å². The number of para-hydroxylation sites is 1. The molecular formula is C17H13ClFN3O2. The van der Waals surface area contributed by atoms with Gasteiger partial charge in [0, 0.05) is 11.8 Å². The predicted octanol–water partition coefficient (Wildman–Crippen LogP) is 3.22. The first-order valence-corrected chi connectivity index (χ1v) is 7.62. The highest BCUT2D eigenvalue weighted by Crippen LogP contribution is 2.22. The van der Waals surface area contributed by atoms with Crippen molar-refractivity contribution in [3.8, 4) is 0 Å². The molecular weight excluding hydrogens is 333 g/mol. The van der Waals surface area contributed by atoms with Gasteiger partial charge in [-0.25, -0.2) is 4.39 Å². The number of carbonyl (C=O) groups is 1. The topological polar surface area (TPSA) is 64.0 Å². The zero-order valence-corrected chi connectivity index (χ0v) is 13.3. The minimum atomic E-state index is -0.470. The van der Waals surface area contributed by atoms with E-state index < -0.39 is 5.82 Å². The van der Waals surface area contributed by atoms with Crippen molar-refractivity contribution in [1.82, 2.24) is 9.78 Å². The van der Waals surface area contributed by atoms with E-state index in [1.165, 1.54) is 18.3 Å². The van der Waals surface area contributed by atoms with Crippen LogP contribution in [0.25, 0.3) is 10.9 Å². The number of hydrogen-bond acceptors (Lipinski definition) is 3. The quantitative estimate of drug-likeness (QED) is 0.789. The van der Waals surface area contributed by atoms with E-state index >= 15 is 0 Å². The average molecular weight is 346 g/mol. The third kappa shape index (κ3) is 3.44. The molecule has 0 aliphatic heterocycles. The average Bonchev–Trinajstić information content (AvgIpc) is 2.57. The number of nitrogens with zero attached hydrogens (tertiary/aromatic N) is 2. The molecule has 0 bridgehead atoms. The third-order valence-corrected chi connectivity index (χ3v) is 3.83. The Morgan fingerprint density at radius 1 is 1.25 bits per heavy atom. The van der Waals surface area contributed by atoms with Crippen LogP contribution in [0.4, 0.5) is 10.1 Å². The van der Waals surface area contributed by atoms with Crippen molar-refractivity contribution < 1.29 is 9.18 Å². The maximum atomic E-state index is 13.0. The second-order valence-corrected chi connectivity index (χ2v) is 5.58. The van der Waals surface area contributed by atoms with Gasteiger partial charge in [-0.2, -0.15) is 5.10 Å². The van der Waals surface area contributed by atoms with Crippen LogP contribution in [0.1, 0.15) is 6.42 Å². The van der Waals surface area contributed by atoms with Crippen LogP contribution in [0.15, 0.2) is 53.5 Å². The molecule has 24 heavy (non-hydrogen) atoms. The molecule has 5 nitrogen and oxygen atoms in total. The van der Waals surface area contributed by atoms with E-state index in [1.807, 2.05) is 0 Å². The van der Waals surface area contributed by atoms with Crippen molar-refractivity contribution in [3.05, 3.63) is 69.7 Å². The molecule has 0 saturated heterocycles. The number of aromatic nitrogens is 2. The van der Waals surface area contributed by atoms with Crippen LogP contribution >= 0.6 is 11.6 Å². The van der Waals surface area contributed by atoms with Crippen LogP contribution in [-0.4, -0.2) is 15.7 Å². The summed E-state index contributed by atoms with van der Waals surface area (Å²) in [6, 6.07) is 10.8. The van der Waals surface area contributed by atoms with Gasteiger partial charge >= 0.3 is 0 Å². The number of amides is 1. The Morgan fingerprint density at radius 2 is 2.04 bits per heavy atom. The fourth-order valence-electron chi connectivity index (χ4n) is 2.35. The van der Waals surface area contributed by atoms with E-state index in [0.717, 1.165) is 6.07 Å². The van der Waals surface area contributed by atoms with E-state index in [2.05, 4.69) is 10.4 Å². The zero-order valence-electron chi connectivity index (χ0n) is 12.5. The second-order valence-electron chi connectivity index (χ2n) is 5.17. The predicted molar refractivity (Wildman–Crippen MR) is 90.7 cm³/mol. The van der Waals surface area contributed by atoms with Gasteiger partial charge in [-0.05, 0) is 30.3 Å². The number of aryl methyl sites for hydroxylation is 1. The van der Waals surface area contributed by atoms with Crippen LogP contribution in [0.5, 0.6) is 0 Å². The Kier molecular flexibility index (Phi) is 4.57. The normalized spacial score (nSPS) is 10.8. The lowest BCUT2D eigenvalue weighted by atomic mass is 10.2. The summed E-state index contributed by atoms with van der Waals surface area (Å²) in [6.07, 6.45) is 1.37. The molecule has 1 aromatic heterocycles. The number of nitrogens with one attached hydrogen (secondary N) is 1. The lowest BCUT2D eigenvalue weighted by Crippen LogP contribution is -2.18. The number of benzene rings is 2. The molecule has 2 aromatic carbocycles. The highest BCUT2D eigenvalue weighted by Gasteiger charge is 2.09. The molecule has 3 rings (SSSR count). The van der Waals surface area contributed by atoms with Crippen molar-refractivity contribution in [2.45, 2.75) is 13.0 Å². The fraction of sp³-hybridized carbons (Fsp3) is 0.118. The van der Waals surface area contributed by atoms with E-state index in [-0.39, 0.29) is 22.8 Å². The Labute approximate surface area is 141 Å². The number of rotatable bonds is 4. The van der Waals surface area contributed by atoms with Gasteiger partial charge < -0.3 is 5.32 Å². The van der Waals surface area contributed by atoms with E-state index in [1.54, 1.807) is 28.9 Å². The van der Waals surface area contributed by atoms with Gasteiger partial charge in [0.1, 0.15) is 5.82 Å². The Hall–Kier alpha value is -2.73. The van der Waals surface area contributed by atoms with E-state index in [0.29, 0.717) is 23.1 Å². The first-order valence-electron chi connectivity index (χ1n) is 7.24. The molecule has 0 unspecified atom stereocenters. The lowest BCUT2D eigenvalue weighted by molar-refractivity contribution is -0.116. The Bertz CT molecular complexity index is 971. The zero-order chi connectivity index (χ0) is 17.1. The summed E-state index contributed by atoms with van der Waals surface area (Å²) < 4.78 is 14.6. The summed E-state index contributed by atoms with van der Waals surface area (Å²) in [5.74, 6) is -0.755. The monoisotopic (exact) mass is 345 g/mol. The van der Waals surface area contributed by atoms with Gasteiger partial charge in [0.25, 0.3) is 0 Å². The SMILES string of the molecule is O=C(CCn1ncc(=O)c2ccccc21)Nc1ccc(F)cc1Cl. The molecule has 1 heterocycles. The second kappa shape index (κ2) is 6.80. The summed E-state index contributed by atoms with van der Waals surface area (Å²) in [6.45, 7) is 0.297. The number of anilines is 1. The number of carbonyl (C=O) groups excluding carboxylic acids is 1. The van der Waals surface area contributed by atoms with Crippen LogP contribution in [0, 0.1) is 5.82 Å². The standard InChI is InChI=1S/C17H13ClFN3O2/c18-13-9-11(19)5-6-14(13)21-17(24)7-8-22-15-4-2-1-3-12(15)16(23)10-20-22/h1-6,9-10H,7-8H2,(H,21,24). The van der Waals surface area contributed by atoms with Crippen LogP contribution in [0.3, 0.4) is 0 Å². The van der Waals surface area contributed by atoms with Crippen molar-refractivity contribution in [1.29, 1.82) is 0 Å². The van der Waals surface area contributed by atoms with Crippen LogP contribution < -0.4 is 10.7 Å². The summed E-state index contributed by atoms with van der Waals surface area (Å²) in [4.78, 5) is 23.8. The third-order valence-electron chi connectivity index (χ3n) is 3.52. The molecule has 3 aromatic rings. The largest absolute Gasteiger partial charge is 0.325 e. The van der Waals surface area contributed by atoms with Gasteiger partial charge in [0.15, 0.2) is 0 Å². The van der Waals surface area contributed by atoms with Gasteiger partial charge in [0.05, 0.1) is 29.0 Å². The Balaban J connectivity index is 1.73. The number of hydrogen-bond donors (Lipinski definition) is 1. The number of fused-ring (bicyclic) bond motifs is 1. The first kappa shape index (κ1) is 16.1. The minimum absolute atomic E-state index is 0.133. The molecule has 0 aliphatic carbocycles. The van der Waals surface area contributed by atoms with E-state index in [4.69, 9.17) is 11.6 Å². The van der Waals surface area contributed by atoms with Gasteiger partial charge in [0.2, 0.25) is 11.3 Å². The minimum Gasteiger partial charge on any atom is -0.325 e. The Morgan fingerprint density at radius 3 is 2.83 bits per heavy atom. The maximum Gasteiger partial charge on any atom is 0.226 e. The van der Waals surface area contributed by atoms with Crippen molar-refractivity contribution in [2.75, 3.05) is 5.32 Å². The molecule has 1 N–H and O–H groups in total. The van der Waals surface area contributed by atoms with Crippen molar-refractivity contribution in [2.24, 2.45) is 0 Å².